The van der Waals surface area contributed by atoms with Gasteiger partial charge in [0.1, 0.15) is 0 Å². The van der Waals surface area contributed by atoms with Crippen LogP contribution < -0.4 is 14.7 Å². The van der Waals surface area contributed by atoms with Crippen molar-refractivity contribution < 1.29 is 0 Å². The van der Waals surface area contributed by atoms with Crippen molar-refractivity contribution in [3.8, 4) is 28.5 Å². The van der Waals surface area contributed by atoms with Gasteiger partial charge in [-0.15, -0.1) is 5.10 Å². The van der Waals surface area contributed by atoms with Crippen LogP contribution >= 0.6 is 35.3 Å². The summed E-state index contributed by atoms with van der Waals surface area (Å²) in [6, 6.07) is 77.8. The van der Waals surface area contributed by atoms with Gasteiger partial charge in [-0.25, -0.2) is 9.67 Å². The Balaban J connectivity index is 0.902. The summed E-state index contributed by atoms with van der Waals surface area (Å²) in [6.45, 7) is 0. The van der Waals surface area contributed by atoms with Crippen LogP contribution in [-0.4, -0.2) is 14.8 Å². The van der Waals surface area contributed by atoms with Gasteiger partial charge in [0.25, 0.3) is 0 Å². The Morgan fingerprint density at radius 2 is 0.554 bits per heavy atom. The number of aromatic nitrogens is 3. The average molecular weight is 889 g/mol. The Hall–Kier alpha value is -7.43. The quantitative estimate of drug-likeness (QED) is 0.164. The van der Waals surface area contributed by atoms with E-state index in [1.807, 2.05) is 40.0 Å². The average Bonchev–Trinajstić information content (AvgIpc) is 3.82. The van der Waals surface area contributed by atoms with Gasteiger partial charge in [-0.05, 0) is 146 Å². The highest BCUT2D eigenvalue weighted by Crippen LogP contribution is 2.54. The van der Waals surface area contributed by atoms with Crippen LogP contribution in [0.4, 0.5) is 51.2 Å². The minimum absolute atomic E-state index is 0.654. The summed E-state index contributed by atoms with van der Waals surface area (Å²) < 4.78 is 1.99. The maximum absolute atomic E-state index is 5.33. The van der Waals surface area contributed by atoms with Crippen LogP contribution in [0.15, 0.2) is 248 Å². The van der Waals surface area contributed by atoms with Crippen LogP contribution in [0.25, 0.3) is 28.5 Å². The number of fused-ring (bicyclic) bond motifs is 6. The van der Waals surface area contributed by atoms with Gasteiger partial charge >= 0.3 is 0 Å². The number of para-hydroxylation sites is 6. The third-order valence-corrected chi connectivity index (χ3v) is 15.4. The van der Waals surface area contributed by atoms with Crippen LogP contribution in [0.2, 0.25) is 0 Å². The molecule has 13 rings (SSSR count). The second-order valence-electron chi connectivity index (χ2n) is 15.9. The van der Waals surface area contributed by atoms with E-state index in [1.54, 1.807) is 0 Å². The van der Waals surface area contributed by atoms with Crippen molar-refractivity contribution in [3.63, 3.8) is 0 Å². The maximum Gasteiger partial charge on any atom is 0.182 e. The molecule has 0 radical (unpaired) electrons. The molecule has 0 unspecified atom stereocenters. The number of nitrogens with zero attached hydrogens (tertiary/aromatic N) is 6. The monoisotopic (exact) mass is 888 g/mol. The molecule has 3 aliphatic rings. The van der Waals surface area contributed by atoms with Crippen LogP contribution in [-0.2, 0) is 0 Å². The van der Waals surface area contributed by atoms with Gasteiger partial charge in [0, 0.05) is 57.6 Å². The lowest BCUT2D eigenvalue weighted by Crippen LogP contribution is -2.14. The topological polar surface area (TPSA) is 40.4 Å². The normalized spacial score (nSPS) is 13.3. The molecule has 0 bridgehead atoms. The van der Waals surface area contributed by atoms with Gasteiger partial charge < -0.3 is 14.7 Å². The van der Waals surface area contributed by atoms with E-state index in [0.29, 0.717) is 5.82 Å². The van der Waals surface area contributed by atoms with Gasteiger partial charge in [-0.1, -0.05) is 108 Å². The molecule has 0 saturated heterocycles. The van der Waals surface area contributed by atoms with E-state index in [-0.39, 0.29) is 0 Å². The third kappa shape index (κ3) is 6.53. The standard InChI is InChI=1S/C56H36N6S3/c1-7-19-49-43(13-1)59(44-14-2-8-20-50(44)63-49)39-29-25-37(26-30-39)55-57-56(38-27-31-40(32-28-38)60-45-15-3-9-21-51(45)64-52-22-10-4-16-46(52)60)62(58-55)42-35-33-41(34-36-42)61-47-17-5-11-23-53(47)65-54-24-12-6-18-48(54)61/h1-36H. The zero-order chi connectivity index (χ0) is 42.8. The highest BCUT2D eigenvalue weighted by Gasteiger charge is 2.28. The predicted octanol–water partition coefficient (Wildman–Crippen LogP) is 16.4. The molecule has 9 heteroatoms. The minimum Gasteiger partial charge on any atom is -0.308 e. The molecule has 4 heterocycles. The Morgan fingerprint density at radius 3 is 0.892 bits per heavy atom. The van der Waals surface area contributed by atoms with Crippen molar-refractivity contribution in [1.29, 1.82) is 0 Å². The predicted molar refractivity (Wildman–Crippen MR) is 269 cm³/mol. The number of hydrogen-bond acceptors (Lipinski definition) is 8. The maximum atomic E-state index is 5.33. The zero-order valence-corrected chi connectivity index (χ0v) is 37.1. The van der Waals surface area contributed by atoms with Gasteiger partial charge in [0.05, 0.1) is 39.8 Å². The molecule has 308 valence electrons. The summed E-state index contributed by atoms with van der Waals surface area (Å²) in [4.78, 5) is 19.8. The molecule has 0 amide bonds. The first-order chi connectivity index (χ1) is 32.2. The Bertz CT molecular complexity index is 3150. The lowest BCUT2D eigenvalue weighted by molar-refractivity contribution is 0.890. The van der Waals surface area contributed by atoms with E-state index in [1.165, 1.54) is 63.5 Å². The van der Waals surface area contributed by atoms with Crippen LogP contribution in [0.3, 0.4) is 0 Å². The van der Waals surface area contributed by atoms with E-state index in [0.717, 1.165) is 39.7 Å². The molecule has 0 spiro atoms. The van der Waals surface area contributed by atoms with Gasteiger partial charge in [0.2, 0.25) is 0 Å². The zero-order valence-electron chi connectivity index (χ0n) is 34.7. The van der Waals surface area contributed by atoms with Crippen LogP contribution in [0.1, 0.15) is 0 Å². The van der Waals surface area contributed by atoms with Crippen LogP contribution in [0.5, 0.6) is 0 Å². The number of rotatable bonds is 6. The van der Waals surface area contributed by atoms with Crippen molar-refractivity contribution in [2.75, 3.05) is 14.7 Å². The molecule has 9 aromatic carbocycles. The molecule has 0 fully saturated rings. The van der Waals surface area contributed by atoms with Gasteiger partial charge in [0.15, 0.2) is 11.6 Å². The SMILES string of the molecule is c1ccc2c(c1)Sc1ccccc1N2c1ccc(-c2nc(-c3ccc(N4c5ccccc5Sc5ccccc54)cc3)n(-c3ccc(N4c5ccccc5Sc5ccccc54)cc3)n2)cc1. The highest BCUT2D eigenvalue weighted by molar-refractivity contribution is 8.00. The lowest BCUT2D eigenvalue weighted by atomic mass is 10.1. The Kier molecular flexibility index (Phi) is 9.18. The molecule has 1 aromatic heterocycles. The Morgan fingerprint density at radius 1 is 0.277 bits per heavy atom. The summed E-state index contributed by atoms with van der Waals surface area (Å²) >= 11 is 5.45. The minimum atomic E-state index is 0.654. The van der Waals surface area contributed by atoms with E-state index in [2.05, 4.69) is 233 Å². The second kappa shape index (κ2) is 15.7. The molecular weight excluding hydrogens is 853 g/mol. The van der Waals surface area contributed by atoms with Gasteiger partial charge in [-0.3, -0.25) is 0 Å². The van der Waals surface area contributed by atoms with Crippen molar-refractivity contribution in [3.05, 3.63) is 218 Å². The van der Waals surface area contributed by atoms with E-state index in [9.17, 15) is 0 Å². The molecule has 0 N–H and O–H groups in total. The van der Waals surface area contributed by atoms with E-state index < -0.39 is 0 Å². The fourth-order valence-corrected chi connectivity index (χ4v) is 12.2. The number of benzene rings is 9. The summed E-state index contributed by atoms with van der Waals surface area (Å²) in [6.07, 6.45) is 0. The molecule has 6 nitrogen and oxygen atoms in total. The third-order valence-electron chi connectivity index (χ3n) is 12.0. The number of anilines is 9. The van der Waals surface area contributed by atoms with Crippen molar-refractivity contribution >= 4 is 86.5 Å². The molecule has 3 aliphatic heterocycles. The molecule has 10 aromatic rings. The summed E-state index contributed by atoms with van der Waals surface area (Å²) in [7, 11) is 0. The smallest absolute Gasteiger partial charge is 0.182 e. The first-order valence-electron chi connectivity index (χ1n) is 21.5. The molecule has 0 saturated carbocycles. The molecule has 65 heavy (non-hydrogen) atoms. The second-order valence-corrected chi connectivity index (χ2v) is 19.2. The Labute approximate surface area is 389 Å². The fourth-order valence-electron chi connectivity index (χ4n) is 9.01. The lowest BCUT2D eigenvalue weighted by Gasteiger charge is -2.33. The fraction of sp³-hybridized carbons (Fsp3) is 0. The van der Waals surface area contributed by atoms with E-state index >= 15 is 0 Å². The summed E-state index contributed by atoms with van der Waals surface area (Å²) in [5.74, 6) is 1.42. The molecule has 0 atom stereocenters. The first kappa shape index (κ1) is 38.1. The summed E-state index contributed by atoms with van der Waals surface area (Å²) in [5, 5.41) is 5.29. The highest BCUT2D eigenvalue weighted by atomic mass is 32.2. The van der Waals surface area contributed by atoms with E-state index in [4.69, 9.17) is 10.1 Å². The molecule has 0 aliphatic carbocycles. The summed E-state index contributed by atoms with van der Waals surface area (Å²) in [5.41, 5.74) is 13.1. The van der Waals surface area contributed by atoms with Crippen molar-refractivity contribution in [2.45, 2.75) is 29.4 Å². The molecular formula is C56H36N6S3. The van der Waals surface area contributed by atoms with Gasteiger partial charge in [-0.2, -0.15) is 0 Å². The largest absolute Gasteiger partial charge is 0.308 e. The number of hydrogen-bond donors (Lipinski definition) is 0. The van der Waals surface area contributed by atoms with Crippen LogP contribution in [0, 0.1) is 0 Å². The first-order valence-corrected chi connectivity index (χ1v) is 23.9. The van der Waals surface area contributed by atoms with Crippen molar-refractivity contribution in [2.24, 2.45) is 0 Å². The van der Waals surface area contributed by atoms with Crippen molar-refractivity contribution in [1.82, 2.24) is 14.8 Å².